The molecule has 0 aliphatic heterocycles. The van der Waals surface area contributed by atoms with Gasteiger partial charge in [0.2, 0.25) is 11.5 Å². The number of nitro groups is 1. The first-order valence-corrected chi connectivity index (χ1v) is 7.06. The molecule has 0 unspecified atom stereocenters. The van der Waals surface area contributed by atoms with Crippen molar-refractivity contribution in [1.29, 1.82) is 0 Å². The van der Waals surface area contributed by atoms with E-state index in [2.05, 4.69) is 0 Å². The van der Waals surface area contributed by atoms with Crippen molar-refractivity contribution in [3.8, 4) is 11.5 Å². The Morgan fingerprint density at radius 2 is 2.06 bits per heavy atom. The molecule has 7 nitrogen and oxygen atoms in total. The lowest BCUT2D eigenvalue weighted by molar-refractivity contribution is -0.387. The van der Waals surface area contributed by atoms with Gasteiger partial charge < -0.3 is 9.47 Å². The van der Waals surface area contributed by atoms with E-state index in [1.165, 1.54) is 6.07 Å². The molecule has 0 radical (unpaired) electrons. The third-order valence-electron chi connectivity index (χ3n) is 2.01. The maximum atomic E-state index is 11.3. The quantitative estimate of drug-likeness (QED) is 0.468. The fourth-order valence-corrected chi connectivity index (χ4v) is 2.37. The molecular formula is C9H10ClNO6S. The average molecular weight is 296 g/mol. The van der Waals surface area contributed by atoms with E-state index in [9.17, 15) is 18.5 Å². The van der Waals surface area contributed by atoms with Gasteiger partial charge in [-0.2, -0.15) is 0 Å². The zero-order valence-corrected chi connectivity index (χ0v) is 11.1. The summed E-state index contributed by atoms with van der Waals surface area (Å²) in [5.41, 5.74) is -0.568. The summed E-state index contributed by atoms with van der Waals surface area (Å²) in [6.45, 7) is 1.83. The Bertz CT molecular complexity index is 571. The molecule has 0 heterocycles. The lowest BCUT2D eigenvalue weighted by Crippen LogP contribution is -2.04. The number of nitrogens with zero attached hydrogens (tertiary/aromatic N) is 1. The summed E-state index contributed by atoms with van der Waals surface area (Å²) in [5.74, 6) is -0.524. The molecule has 1 aromatic rings. The van der Waals surface area contributed by atoms with E-state index in [4.69, 9.17) is 20.2 Å². The smallest absolute Gasteiger partial charge is 0.353 e. The first-order valence-electron chi connectivity index (χ1n) is 4.75. The molecule has 0 aliphatic carbocycles. The van der Waals surface area contributed by atoms with Crippen LogP contribution in [0.4, 0.5) is 5.69 Å². The summed E-state index contributed by atoms with van der Waals surface area (Å²) >= 11 is 0. The van der Waals surface area contributed by atoms with Gasteiger partial charge in [0.15, 0.2) is 0 Å². The van der Waals surface area contributed by atoms with Crippen LogP contribution < -0.4 is 9.47 Å². The van der Waals surface area contributed by atoms with Crippen LogP contribution in [0.5, 0.6) is 11.5 Å². The Morgan fingerprint density at radius 1 is 1.44 bits per heavy atom. The van der Waals surface area contributed by atoms with Crippen LogP contribution in [0.3, 0.4) is 0 Å². The van der Waals surface area contributed by atoms with Crippen LogP contribution in [0.25, 0.3) is 0 Å². The Kier molecular flexibility index (Phi) is 4.36. The monoisotopic (exact) mass is 295 g/mol. The van der Waals surface area contributed by atoms with Crippen LogP contribution in [-0.4, -0.2) is 27.1 Å². The van der Waals surface area contributed by atoms with Crippen LogP contribution in [0.2, 0.25) is 0 Å². The molecule has 1 rings (SSSR count). The maximum Gasteiger partial charge on any atom is 0.353 e. The molecule has 0 spiro atoms. The Balaban J connectivity index is 3.63. The van der Waals surface area contributed by atoms with Gasteiger partial charge in [-0.25, -0.2) is 8.42 Å². The SMILES string of the molecule is CCOc1ccc(S(=O)(=O)Cl)c(OC)c1[N+](=O)[O-]. The third-order valence-corrected chi connectivity index (χ3v) is 3.35. The Morgan fingerprint density at radius 3 is 2.44 bits per heavy atom. The molecule has 0 aromatic heterocycles. The van der Waals surface area contributed by atoms with Gasteiger partial charge in [-0.05, 0) is 19.1 Å². The molecule has 0 aliphatic rings. The highest BCUT2D eigenvalue weighted by Crippen LogP contribution is 2.42. The van der Waals surface area contributed by atoms with E-state index in [0.717, 1.165) is 13.2 Å². The molecule has 9 heteroatoms. The fourth-order valence-electron chi connectivity index (χ4n) is 1.37. The van der Waals surface area contributed by atoms with Gasteiger partial charge in [-0.3, -0.25) is 10.1 Å². The van der Waals surface area contributed by atoms with Crippen molar-refractivity contribution in [1.82, 2.24) is 0 Å². The van der Waals surface area contributed by atoms with Crippen LogP contribution in [0, 0.1) is 10.1 Å². The van der Waals surface area contributed by atoms with Gasteiger partial charge in [0.25, 0.3) is 9.05 Å². The number of halogens is 1. The second kappa shape index (κ2) is 5.40. The van der Waals surface area contributed by atoms with Crippen LogP contribution >= 0.6 is 10.7 Å². The summed E-state index contributed by atoms with van der Waals surface area (Å²) in [6.07, 6.45) is 0. The second-order valence-electron chi connectivity index (χ2n) is 3.07. The Hall–Kier alpha value is -1.54. The van der Waals surface area contributed by atoms with Gasteiger partial charge in [0, 0.05) is 10.7 Å². The summed E-state index contributed by atoms with van der Waals surface area (Å²) in [4.78, 5) is 9.71. The molecule has 100 valence electrons. The second-order valence-corrected chi connectivity index (χ2v) is 5.61. The predicted molar refractivity (Wildman–Crippen MR) is 63.9 cm³/mol. The first-order chi connectivity index (χ1) is 8.32. The molecule has 18 heavy (non-hydrogen) atoms. The lowest BCUT2D eigenvalue weighted by atomic mass is 10.2. The minimum absolute atomic E-state index is 0.0802. The highest BCUT2D eigenvalue weighted by molar-refractivity contribution is 8.13. The van der Waals surface area contributed by atoms with Crippen LogP contribution in [0.1, 0.15) is 6.92 Å². The molecule has 0 atom stereocenters. The topological polar surface area (TPSA) is 95.7 Å². The number of ether oxygens (including phenoxy) is 2. The van der Waals surface area contributed by atoms with Gasteiger partial charge in [0.05, 0.1) is 18.6 Å². The molecular weight excluding hydrogens is 286 g/mol. The lowest BCUT2D eigenvalue weighted by Gasteiger charge is -2.10. The maximum absolute atomic E-state index is 11.3. The molecule has 1 aromatic carbocycles. The van der Waals surface area contributed by atoms with Crippen molar-refractivity contribution in [2.24, 2.45) is 0 Å². The zero-order valence-electron chi connectivity index (χ0n) is 9.54. The molecule has 0 N–H and O–H groups in total. The molecule has 0 saturated carbocycles. The predicted octanol–water partition coefficient (Wildman–Crippen LogP) is 1.93. The summed E-state index contributed by atoms with van der Waals surface area (Å²) in [5, 5.41) is 11.0. The van der Waals surface area contributed by atoms with Crippen molar-refractivity contribution in [3.63, 3.8) is 0 Å². The molecule has 0 fully saturated rings. The minimum Gasteiger partial charge on any atom is -0.489 e. The first kappa shape index (κ1) is 14.5. The molecule has 0 amide bonds. The van der Waals surface area contributed by atoms with E-state index < -0.39 is 30.3 Å². The van der Waals surface area contributed by atoms with Crippen LogP contribution in [0.15, 0.2) is 17.0 Å². The number of hydrogen-bond donors (Lipinski definition) is 0. The standard InChI is InChI=1S/C9H10ClNO6S/c1-3-17-6-4-5-7(18(10,14)15)9(16-2)8(6)11(12)13/h4-5H,3H2,1-2H3. The van der Waals surface area contributed by atoms with Crippen LogP contribution in [-0.2, 0) is 9.05 Å². The largest absolute Gasteiger partial charge is 0.489 e. The number of rotatable bonds is 5. The average Bonchev–Trinajstić information content (AvgIpc) is 2.26. The van der Waals surface area contributed by atoms with Crippen molar-refractivity contribution >= 4 is 25.4 Å². The summed E-state index contributed by atoms with van der Waals surface area (Å²) in [6, 6.07) is 2.26. The summed E-state index contributed by atoms with van der Waals surface area (Å²) in [7, 11) is 2.15. The van der Waals surface area contributed by atoms with Crippen molar-refractivity contribution in [3.05, 3.63) is 22.2 Å². The normalized spacial score (nSPS) is 11.1. The number of benzene rings is 1. The van der Waals surface area contributed by atoms with E-state index in [-0.39, 0.29) is 12.4 Å². The zero-order chi connectivity index (χ0) is 13.9. The highest BCUT2D eigenvalue weighted by atomic mass is 35.7. The number of methoxy groups -OCH3 is 1. The number of nitro benzene ring substituents is 1. The third kappa shape index (κ3) is 2.82. The van der Waals surface area contributed by atoms with E-state index in [0.29, 0.717) is 0 Å². The van der Waals surface area contributed by atoms with Gasteiger partial charge in [-0.15, -0.1) is 0 Å². The van der Waals surface area contributed by atoms with Crippen molar-refractivity contribution < 1.29 is 22.8 Å². The fraction of sp³-hybridized carbons (Fsp3) is 0.333. The van der Waals surface area contributed by atoms with Crippen molar-refractivity contribution in [2.45, 2.75) is 11.8 Å². The molecule has 0 saturated heterocycles. The molecule has 0 bridgehead atoms. The minimum atomic E-state index is -4.15. The van der Waals surface area contributed by atoms with E-state index in [1.807, 2.05) is 0 Å². The summed E-state index contributed by atoms with van der Waals surface area (Å²) < 4.78 is 32.4. The number of hydrogen-bond acceptors (Lipinski definition) is 6. The highest BCUT2D eigenvalue weighted by Gasteiger charge is 2.30. The van der Waals surface area contributed by atoms with Crippen molar-refractivity contribution in [2.75, 3.05) is 13.7 Å². The van der Waals surface area contributed by atoms with Gasteiger partial charge in [0.1, 0.15) is 4.90 Å². The van der Waals surface area contributed by atoms with E-state index in [1.54, 1.807) is 6.92 Å². The van der Waals surface area contributed by atoms with Gasteiger partial charge in [-0.1, -0.05) is 0 Å². The van der Waals surface area contributed by atoms with Gasteiger partial charge >= 0.3 is 5.69 Å². The van der Waals surface area contributed by atoms with E-state index >= 15 is 0 Å². The Labute approximate surface area is 108 Å².